The summed E-state index contributed by atoms with van der Waals surface area (Å²) in [5.74, 6) is 1.93. The zero-order chi connectivity index (χ0) is 13.5. The SMILES string of the molecule is COCCN(CCC(=N)N)C1CCC(C)C(C)C1. The van der Waals surface area contributed by atoms with E-state index in [9.17, 15) is 0 Å². The highest BCUT2D eigenvalue weighted by Crippen LogP contribution is 2.32. The minimum atomic E-state index is 0.287. The number of rotatable bonds is 7. The lowest BCUT2D eigenvalue weighted by Gasteiger charge is -2.39. The molecule has 3 atom stereocenters. The second kappa shape index (κ2) is 7.74. The molecule has 0 saturated heterocycles. The molecule has 18 heavy (non-hydrogen) atoms. The second-order valence-electron chi connectivity index (χ2n) is 5.73. The standard InChI is InChI=1S/C14H29N3O/c1-11-4-5-13(10-12(11)2)17(8-9-18-3)7-6-14(15)16/h11-13H,4-10H2,1-3H3,(H3,15,16). The summed E-state index contributed by atoms with van der Waals surface area (Å²) >= 11 is 0. The third-order valence-corrected chi connectivity index (χ3v) is 4.34. The molecule has 0 aromatic rings. The average molecular weight is 255 g/mol. The fourth-order valence-corrected chi connectivity index (χ4v) is 2.80. The van der Waals surface area contributed by atoms with Crippen molar-refractivity contribution in [1.82, 2.24) is 4.90 Å². The molecular formula is C14H29N3O. The first-order valence-corrected chi connectivity index (χ1v) is 7.10. The van der Waals surface area contributed by atoms with Gasteiger partial charge in [0.1, 0.15) is 0 Å². The third-order valence-electron chi connectivity index (χ3n) is 4.34. The molecule has 1 rings (SSSR count). The van der Waals surface area contributed by atoms with Gasteiger partial charge in [0.05, 0.1) is 12.4 Å². The Kier molecular flexibility index (Phi) is 6.65. The molecule has 3 N–H and O–H groups in total. The van der Waals surface area contributed by atoms with E-state index in [1.54, 1.807) is 7.11 Å². The van der Waals surface area contributed by atoms with Crippen LogP contribution in [0, 0.1) is 17.2 Å². The fourth-order valence-electron chi connectivity index (χ4n) is 2.80. The maximum Gasteiger partial charge on any atom is 0.0918 e. The van der Waals surface area contributed by atoms with Gasteiger partial charge in [-0.1, -0.05) is 13.8 Å². The quantitative estimate of drug-likeness (QED) is 0.541. The predicted molar refractivity (Wildman–Crippen MR) is 75.9 cm³/mol. The molecule has 1 aliphatic rings. The molecule has 0 spiro atoms. The van der Waals surface area contributed by atoms with E-state index in [0.29, 0.717) is 12.5 Å². The van der Waals surface area contributed by atoms with Crippen molar-refractivity contribution in [2.45, 2.75) is 45.6 Å². The highest BCUT2D eigenvalue weighted by atomic mass is 16.5. The van der Waals surface area contributed by atoms with Gasteiger partial charge in [0.15, 0.2) is 0 Å². The van der Waals surface area contributed by atoms with E-state index in [1.165, 1.54) is 19.3 Å². The predicted octanol–water partition coefficient (Wildman–Crippen LogP) is 2.09. The van der Waals surface area contributed by atoms with Crippen LogP contribution >= 0.6 is 0 Å². The van der Waals surface area contributed by atoms with E-state index < -0.39 is 0 Å². The Balaban J connectivity index is 2.49. The van der Waals surface area contributed by atoms with Crippen molar-refractivity contribution in [3.05, 3.63) is 0 Å². The summed E-state index contributed by atoms with van der Waals surface area (Å²) in [7, 11) is 1.74. The van der Waals surface area contributed by atoms with Gasteiger partial charge in [-0.05, 0) is 31.1 Å². The summed E-state index contributed by atoms with van der Waals surface area (Å²) < 4.78 is 5.19. The van der Waals surface area contributed by atoms with Crippen LogP contribution in [0.2, 0.25) is 0 Å². The lowest BCUT2D eigenvalue weighted by atomic mass is 9.78. The number of nitrogens with one attached hydrogen (secondary N) is 1. The molecule has 3 unspecified atom stereocenters. The van der Waals surface area contributed by atoms with E-state index in [4.69, 9.17) is 15.9 Å². The highest BCUT2D eigenvalue weighted by molar-refractivity contribution is 5.76. The van der Waals surface area contributed by atoms with Crippen molar-refractivity contribution < 1.29 is 4.74 Å². The normalized spacial score (nSPS) is 28.6. The molecule has 106 valence electrons. The van der Waals surface area contributed by atoms with Crippen LogP contribution in [0.25, 0.3) is 0 Å². The van der Waals surface area contributed by atoms with Crippen LogP contribution in [0.4, 0.5) is 0 Å². The monoisotopic (exact) mass is 255 g/mol. The van der Waals surface area contributed by atoms with E-state index in [1.807, 2.05) is 0 Å². The van der Waals surface area contributed by atoms with Gasteiger partial charge < -0.3 is 10.5 Å². The topological polar surface area (TPSA) is 62.3 Å². The van der Waals surface area contributed by atoms with E-state index in [-0.39, 0.29) is 5.84 Å². The van der Waals surface area contributed by atoms with Crippen LogP contribution in [0.3, 0.4) is 0 Å². The number of ether oxygens (including phenoxy) is 1. The van der Waals surface area contributed by atoms with Gasteiger partial charge in [-0.15, -0.1) is 0 Å². The Morgan fingerprint density at radius 1 is 1.28 bits per heavy atom. The summed E-state index contributed by atoms with van der Waals surface area (Å²) in [4.78, 5) is 2.47. The summed E-state index contributed by atoms with van der Waals surface area (Å²) in [5, 5.41) is 7.37. The lowest BCUT2D eigenvalue weighted by molar-refractivity contribution is 0.0794. The van der Waals surface area contributed by atoms with Gasteiger partial charge in [0.25, 0.3) is 0 Å². The average Bonchev–Trinajstić information content (AvgIpc) is 2.33. The molecule has 0 radical (unpaired) electrons. The van der Waals surface area contributed by atoms with Crippen LogP contribution < -0.4 is 5.73 Å². The molecule has 1 fully saturated rings. The molecule has 0 aromatic carbocycles. The minimum Gasteiger partial charge on any atom is -0.388 e. The zero-order valence-electron chi connectivity index (χ0n) is 12.1. The molecule has 0 aromatic heterocycles. The molecule has 0 heterocycles. The Bertz CT molecular complexity index is 257. The molecule has 4 heteroatoms. The first kappa shape index (κ1) is 15.4. The molecule has 0 amide bonds. The van der Waals surface area contributed by atoms with Gasteiger partial charge in [-0.3, -0.25) is 10.3 Å². The number of hydrogen-bond acceptors (Lipinski definition) is 3. The number of nitrogens with two attached hydrogens (primary N) is 1. The Morgan fingerprint density at radius 3 is 2.56 bits per heavy atom. The maximum atomic E-state index is 7.37. The van der Waals surface area contributed by atoms with Gasteiger partial charge in [0.2, 0.25) is 0 Å². The Morgan fingerprint density at radius 2 is 2.00 bits per heavy atom. The molecule has 1 aliphatic carbocycles. The Labute approximate surface area is 111 Å². The fraction of sp³-hybridized carbons (Fsp3) is 0.929. The van der Waals surface area contributed by atoms with E-state index in [2.05, 4.69) is 18.7 Å². The van der Waals surface area contributed by atoms with E-state index >= 15 is 0 Å². The minimum absolute atomic E-state index is 0.287. The van der Waals surface area contributed by atoms with Crippen LogP contribution in [-0.4, -0.2) is 43.6 Å². The van der Waals surface area contributed by atoms with Crippen molar-refractivity contribution in [2.24, 2.45) is 17.6 Å². The summed E-state index contributed by atoms with van der Waals surface area (Å²) in [6.07, 6.45) is 4.52. The van der Waals surface area contributed by atoms with Gasteiger partial charge >= 0.3 is 0 Å². The van der Waals surface area contributed by atoms with Crippen LogP contribution in [0.15, 0.2) is 0 Å². The number of hydrogen-bond donors (Lipinski definition) is 2. The summed E-state index contributed by atoms with van der Waals surface area (Å²) in [6, 6.07) is 0.644. The first-order chi connectivity index (χ1) is 8.54. The Hall–Kier alpha value is -0.610. The van der Waals surface area contributed by atoms with E-state index in [0.717, 1.165) is 31.5 Å². The summed E-state index contributed by atoms with van der Waals surface area (Å²) in [6.45, 7) is 7.32. The zero-order valence-corrected chi connectivity index (χ0v) is 12.1. The van der Waals surface area contributed by atoms with Crippen molar-refractivity contribution in [3.63, 3.8) is 0 Å². The van der Waals surface area contributed by atoms with Crippen molar-refractivity contribution >= 4 is 5.84 Å². The molecule has 0 bridgehead atoms. The van der Waals surface area contributed by atoms with Gasteiger partial charge in [-0.2, -0.15) is 0 Å². The number of amidine groups is 1. The smallest absolute Gasteiger partial charge is 0.0918 e. The maximum absolute atomic E-state index is 7.37. The van der Waals surface area contributed by atoms with Gasteiger partial charge in [0, 0.05) is 32.7 Å². The second-order valence-corrected chi connectivity index (χ2v) is 5.73. The molecular weight excluding hydrogens is 226 g/mol. The van der Waals surface area contributed by atoms with Crippen molar-refractivity contribution in [2.75, 3.05) is 26.8 Å². The largest absolute Gasteiger partial charge is 0.388 e. The lowest BCUT2D eigenvalue weighted by Crippen LogP contribution is -2.43. The van der Waals surface area contributed by atoms with Crippen LogP contribution in [0.1, 0.15) is 39.5 Å². The van der Waals surface area contributed by atoms with Crippen LogP contribution in [-0.2, 0) is 4.74 Å². The highest BCUT2D eigenvalue weighted by Gasteiger charge is 2.28. The van der Waals surface area contributed by atoms with Crippen LogP contribution in [0.5, 0.6) is 0 Å². The number of methoxy groups -OCH3 is 1. The first-order valence-electron chi connectivity index (χ1n) is 7.10. The van der Waals surface area contributed by atoms with Gasteiger partial charge in [-0.25, -0.2) is 0 Å². The molecule has 4 nitrogen and oxygen atoms in total. The van der Waals surface area contributed by atoms with Crippen molar-refractivity contribution in [3.8, 4) is 0 Å². The third kappa shape index (κ3) is 4.94. The molecule has 1 saturated carbocycles. The summed E-state index contributed by atoms with van der Waals surface area (Å²) in [5.41, 5.74) is 5.47. The number of nitrogens with zero attached hydrogens (tertiary/aromatic N) is 1. The molecule has 0 aliphatic heterocycles. The van der Waals surface area contributed by atoms with Crippen molar-refractivity contribution in [1.29, 1.82) is 5.41 Å².